The van der Waals surface area contributed by atoms with Crippen LogP contribution in [0.25, 0.3) is 0 Å². The molecular formula is C12H22F3N3O. The summed E-state index contributed by atoms with van der Waals surface area (Å²) in [5.74, 6) is -0.221. The number of hydrogen-bond acceptors (Lipinski definition) is 3. The first-order chi connectivity index (χ1) is 8.79. The highest BCUT2D eigenvalue weighted by Gasteiger charge is 2.33. The maximum atomic E-state index is 12.4. The molecule has 1 N–H and O–H groups in total. The number of nitrogens with zero attached hydrogens (tertiary/aromatic N) is 2. The van der Waals surface area contributed by atoms with Gasteiger partial charge in [0.25, 0.3) is 0 Å². The van der Waals surface area contributed by atoms with Gasteiger partial charge in [0.1, 0.15) is 0 Å². The molecule has 1 heterocycles. The molecule has 112 valence electrons. The third-order valence-electron chi connectivity index (χ3n) is 3.14. The maximum Gasteiger partial charge on any atom is 0.401 e. The van der Waals surface area contributed by atoms with E-state index in [1.807, 2.05) is 0 Å². The van der Waals surface area contributed by atoms with E-state index in [9.17, 15) is 18.0 Å². The van der Waals surface area contributed by atoms with Crippen LogP contribution in [0.15, 0.2) is 0 Å². The molecule has 0 unspecified atom stereocenters. The van der Waals surface area contributed by atoms with E-state index in [1.54, 1.807) is 18.7 Å². The average Bonchev–Trinajstić information content (AvgIpc) is 2.54. The molecule has 19 heavy (non-hydrogen) atoms. The van der Waals surface area contributed by atoms with Gasteiger partial charge in [-0.1, -0.05) is 0 Å². The molecule has 0 aromatic carbocycles. The number of halogens is 3. The molecule has 4 nitrogen and oxygen atoms in total. The maximum absolute atomic E-state index is 12.4. The molecule has 1 amide bonds. The molecule has 7 heteroatoms. The highest BCUT2D eigenvalue weighted by atomic mass is 19.4. The lowest BCUT2D eigenvalue weighted by molar-refractivity contribution is -0.154. The van der Waals surface area contributed by atoms with Crippen molar-refractivity contribution in [3.8, 4) is 0 Å². The number of carbonyl (C=O) groups is 1. The predicted molar refractivity (Wildman–Crippen MR) is 66.8 cm³/mol. The number of alkyl halides is 3. The molecule has 1 rings (SSSR count). The van der Waals surface area contributed by atoms with Crippen molar-refractivity contribution in [3.05, 3.63) is 0 Å². The Morgan fingerprint density at radius 3 is 2.58 bits per heavy atom. The second-order valence-corrected chi connectivity index (χ2v) is 5.10. The minimum absolute atomic E-state index is 0.169. The van der Waals surface area contributed by atoms with Gasteiger partial charge in [0, 0.05) is 25.7 Å². The van der Waals surface area contributed by atoms with E-state index in [1.165, 1.54) is 4.90 Å². The van der Waals surface area contributed by atoms with Gasteiger partial charge in [0.2, 0.25) is 5.91 Å². The van der Waals surface area contributed by atoms with Crippen LogP contribution in [0.1, 0.15) is 20.3 Å². The van der Waals surface area contributed by atoms with Crippen molar-refractivity contribution in [1.29, 1.82) is 0 Å². The van der Waals surface area contributed by atoms with Crippen molar-refractivity contribution < 1.29 is 18.0 Å². The highest BCUT2D eigenvalue weighted by Crippen LogP contribution is 2.18. The van der Waals surface area contributed by atoms with E-state index in [0.717, 1.165) is 13.0 Å². The first-order valence-electron chi connectivity index (χ1n) is 6.59. The van der Waals surface area contributed by atoms with Gasteiger partial charge in [-0.05, 0) is 26.8 Å². The summed E-state index contributed by atoms with van der Waals surface area (Å²) in [6.07, 6.45) is -3.43. The van der Waals surface area contributed by atoms with Crippen LogP contribution in [0.5, 0.6) is 0 Å². The standard InChI is InChI=1S/C12H22F3N3O/c1-10(2)18(9-12(13,14)15)8-11(19)17-6-3-4-16-5-7-17/h10,16H,3-9H2,1-2H3. The molecule has 0 aromatic rings. The summed E-state index contributed by atoms with van der Waals surface area (Å²) in [7, 11) is 0. The van der Waals surface area contributed by atoms with Gasteiger partial charge in [0.15, 0.2) is 0 Å². The minimum atomic E-state index is -4.27. The van der Waals surface area contributed by atoms with Gasteiger partial charge in [0.05, 0.1) is 13.1 Å². The third-order valence-corrected chi connectivity index (χ3v) is 3.14. The van der Waals surface area contributed by atoms with Crippen molar-refractivity contribution in [2.24, 2.45) is 0 Å². The molecule has 0 saturated carbocycles. The van der Waals surface area contributed by atoms with Crippen LogP contribution in [0.4, 0.5) is 13.2 Å². The summed E-state index contributed by atoms with van der Waals surface area (Å²) in [6, 6.07) is -0.310. The number of hydrogen-bond donors (Lipinski definition) is 1. The molecule has 1 aliphatic rings. The Labute approximate surface area is 111 Å². The fourth-order valence-corrected chi connectivity index (χ4v) is 2.02. The Morgan fingerprint density at radius 1 is 1.32 bits per heavy atom. The quantitative estimate of drug-likeness (QED) is 0.837. The molecule has 0 spiro atoms. The lowest BCUT2D eigenvalue weighted by Crippen LogP contribution is -2.47. The van der Waals surface area contributed by atoms with Crippen LogP contribution in [-0.2, 0) is 4.79 Å². The van der Waals surface area contributed by atoms with Crippen molar-refractivity contribution in [2.75, 3.05) is 39.3 Å². The number of amides is 1. The van der Waals surface area contributed by atoms with Gasteiger partial charge in [-0.15, -0.1) is 0 Å². The van der Waals surface area contributed by atoms with E-state index in [2.05, 4.69) is 5.32 Å². The molecule has 0 bridgehead atoms. The molecule has 0 radical (unpaired) electrons. The number of carbonyl (C=O) groups excluding carboxylic acids is 1. The van der Waals surface area contributed by atoms with E-state index in [-0.39, 0.29) is 18.5 Å². The van der Waals surface area contributed by atoms with Crippen molar-refractivity contribution in [2.45, 2.75) is 32.5 Å². The summed E-state index contributed by atoms with van der Waals surface area (Å²) in [5.41, 5.74) is 0. The van der Waals surface area contributed by atoms with Crippen molar-refractivity contribution in [3.63, 3.8) is 0 Å². The lowest BCUT2D eigenvalue weighted by Gasteiger charge is -2.29. The monoisotopic (exact) mass is 281 g/mol. The Hall–Kier alpha value is -0.820. The van der Waals surface area contributed by atoms with E-state index in [4.69, 9.17) is 0 Å². The summed E-state index contributed by atoms with van der Waals surface area (Å²) < 4.78 is 37.3. The molecule has 1 saturated heterocycles. The van der Waals surface area contributed by atoms with Crippen LogP contribution in [0.2, 0.25) is 0 Å². The van der Waals surface area contributed by atoms with Gasteiger partial charge < -0.3 is 10.2 Å². The molecule has 0 aliphatic carbocycles. The fraction of sp³-hybridized carbons (Fsp3) is 0.917. The summed E-state index contributed by atoms with van der Waals surface area (Å²) >= 11 is 0. The second-order valence-electron chi connectivity index (χ2n) is 5.10. The summed E-state index contributed by atoms with van der Waals surface area (Å²) in [4.78, 5) is 14.9. The first kappa shape index (κ1) is 16.2. The second kappa shape index (κ2) is 7.09. The van der Waals surface area contributed by atoms with Crippen LogP contribution in [0.3, 0.4) is 0 Å². The van der Waals surface area contributed by atoms with Crippen molar-refractivity contribution >= 4 is 5.91 Å². The zero-order valence-corrected chi connectivity index (χ0v) is 11.5. The fourth-order valence-electron chi connectivity index (χ4n) is 2.02. The Balaban J connectivity index is 2.55. The molecule has 0 aromatic heterocycles. The van der Waals surface area contributed by atoms with Gasteiger partial charge in [-0.25, -0.2) is 0 Å². The van der Waals surface area contributed by atoms with E-state index >= 15 is 0 Å². The third kappa shape index (κ3) is 6.24. The van der Waals surface area contributed by atoms with Gasteiger partial charge >= 0.3 is 6.18 Å². The zero-order valence-electron chi connectivity index (χ0n) is 11.5. The Kier molecular flexibility index (Phi) is 6.06. The number of nitrogens with one attached hydrogen (secondary N) is 1. The lowest BCUT2D eigenvalue weighted by atomic mass is 10.3. The SMILES string of the molecule is CC(C)N(CC(=O)N1CCCNCC1)CC(F)(F)F. The predicted octanol–water partition coefficient (Wildman–Crippen LogP) is 1.08. The number of rotatable bonds is 4. The highest BCUT2D eigenvalue weighted by molar-refractivity contribution is 5.78. The van der Waals surface area contributed by atoms with Crippen LogP contribution in [0, 0.1) is 0 Å². The topological polar surface area (TPSA) is 35.6 Å². The smallest absolute Gasteiger partial charge is 0.340 e. The molecule has 1 aliphatic heterocycles. The summed E-state index contributed by atoms with van der Waals surface area (Å²) in [5, 5.41) is 3.16. The molecular weight excluding hydrogens is 259 g/mol. The Bertz CT molecular complexity index is 286. The average molecular weight is 281 g/mol. The van der Waals surface area contributed by atoms with E-state index in [0.29, 0.717) is 19.6 Å². The zero-order chi connectivity index (χ0) is 14.5. The molecule has 0 atom stereocenters. The van der Waals surface area contributed by atoms with Crippen LogP contribution < -0.4 is 5.32 Å². The van der Waals surface area contributed by atoms with Crippen molar-refractivity contribution in [1.82, 2.24) is 15.1 Å². The minimum Gasteiger partial charge on any atom is -0.340 e. The van der Waals surface area contributed by atoms with Gasteiger partial charge in [-0.2, -0.15) is 13.2 Å². The van der Waals surface area contributed by atoms with E-state index < -0.39 is 12.7 Å². The first-order valence-corrected chi connectivity index (χ1v) is 6.59. The largest absolute Gasteiger partial charge is 0.401 e. The molecule has 1 fully saturated rings. The van der Waals surface area contributed by atoms with Crippen LogP contribution >= 0.6 is 0 Å². The summed E-state index contributed by atoms with van der Waals surface area (Å²) in [6.45, 7) is 4.86. The van der Waals surface area contributed by atoms with Gasteiger partial charge in [-0.3, -0.25) is 9.69 Å². The normalized spacial score (nSPS) is 17.9. The van der Waals surface area contributed by atoms with Crippen LogP contribution in [-0.4, -0.2) is 67.2 Å². The Morgan fingerprint density at radius 2 is 2.00 bits per heavy atom.